The number of nitrogens with zero attached hydrogens (tertiary/aromatic N) is 4. The van der Waals surface area contributed by atoms with Gasteiger partial charge in [-0.1, -0.05) is 35.9 Å². The van der Waals surface area contributed by atoms with Crippen molar-refractivity contribution >= 4 is 50.1 Å². The normalized spacial score (nSPS) is 27.2. The van der Waals surface area contributed by atoms with Crippen LogP contribution in [-0.4, -0.2) is 57.4 Å². The van der Waals surface area contributed by atoms with Crippen LogP contribution in [0.1, 0.15) is 25.3 Å². The minimum absolute atomic E-state index is 0.0665. The van der Waals surface area contributed by atoms with Crippen LogP contribution in [0.15, 0.2) is 48.8 Å². The van der Waals surface area contributed by atoms with E-state index >= 15 is 4.39 Å². The number of piperazine rings is 1. The molecule has 0 spiro atoms. The molecule has 6 heterocycles. The van der Waals surface area contributed by atoms with E-state index in [9.17, 15) is 5.11 Å². The average Bonchev–Trinajstić information content (AvgIpc) is 3.73. The summed E-state index contributed by atoms with van der Waals surface area (Å²) in [6.45, 7) is 2.77. The van der Waals surface area contributed by atoms with Gasteiger partial charge in [-0.05, 0) is 59.7 Å². The third-order valence-electron chi connectivity index (χ3n) is 9.83. The van der Waals surface area contributed by atoms with Crippen molar-refractivity contribution in [1.29, 1.82) is 0 Å². The summed E-state index contributed by atoms with van der Waals surface area (Å²) in [5.74, 6) is 0.911. The molecule has 5 fully saturated rings. The predicted octanol–water partition coefficient (Wildman–Crippen LogP) is 5.38. The van der Waals surface area contributed by atoms with Crippen molar-refractivity contribution in [2.45, 2.75) is 43.4 Å². The monoisotopic (exact) mass is 554 g/mol. The number of aromatic nitrogens is 3. The Hall–Kier alpha value is -3.46. The van der Waals surface area contributed by atoms with E-state index in [1.165, 1.54) is 0 Å². The second-order valence-electron chi connectivity index (χ2n) is 11.9. The zero-order valence-electron chi connectivity index (χ0n) is 21.7. The standard InChI is InChI=1S/C31H28ClFN6O/c32-23-10-22-27(26(33)25(23)21-9-19(40)7-15-3-1-2-4-20(15)21)37-31(39-17-5-6-18(39)13-34-12-17)28-30(22)38(14-36-28)29-16-8-24(29)35-11-16/h1-4,7,9-10,14,16-18,24,29,34-35,40H,5-6,8,11-13H2. The second-order valence-corrected chi connectivity index (χ2v) is 12.3. The zero-order valence-corrected chi connectivity index (χ0v) is 22.5. The summed E-state index contributed by atoms with van der Waals surface area (Å²) < 4.78 is 19.2. The summed E-state index contributed by atoms with van der Waals surface area (Å²) in [5.41, 5.74) is 2.85. The number of rotatable bonds is 3. The molecule has 5 aliphatic rings. The van der Waals surface area contributed by atoms with Gasteiger partial charge in [0.2, 0.25) is 0 Å². The Morgan fingerprint density at radius 3 is 2.60 bits per heavy atom. The van der Waals surface area contributed by atoms with E-state index in [2.05, 4.69) is 20.1 Å². The Kier molecular flexibility index (Phi) is 4.82. The summed E-state index contributed by atoms with van der Waals surface area (Å²) >= 11 is 6.95. The number of aromatic hydroxyl groups is 1. The lowest BCUT2D eigenvalue weighted by atomic mass is 9.80. The largest absolute Gasteiger partial charge is 0.508 e. The molecule has 0 radical (unpaired) electrons. The zero-order chi connectivity index (χ0) is 26.7. The molecule has 3 aromatic carbocycles. The molecule has 5 unspecified atom stereocenters. The van der Waals surface area contributed by atoms with Crippen molar-refractivity contribution < 1.29 is 9.50 Å². The third-order valence-corrected chi connectivity index (χ3v) is 10.1. The third kappa shape index (κ3) is 3.07. The number of phenols is 1. The molecule has 9 heteroatoms. The van der Waals surface area contributed by atoms with Gasteiger partial charge in [0, 0.05) is 48.7 Å². The molecule has 5 aromatic rings. The number of imidazole rings is 1. The van der Waals surface area contributed by atoms with Crippen LogP contribution in [0.2, 0.25) is 5.02 Å². The highest BCUT2D eigenvalue weighted by molar-refractivity contribution is 6.35. The van der Waals surface area contributed by atoms with Crippen LogP contribution in [0.3, 0.4) is 0 Å². The van der Waals surface area contributed by atoms with E-state index in [4.69, 9.17) is 21.6 Å². The van der Waals surface area contributed by atoms with Crippen molar-refractivity contribution in [1.82, 2.24) is 25.2 Å². The number of halogens is 2. The highest BCUT2D eigenvalue weighted by Crippen LogP contribution is 2.48. The average molecular weight is 555 g/mol. The van der Waals surface area contributed by atoms with Crippen LogP contribution in [0, 0.1) is 11.7 Å². The van der Waals surface area contributed by atoms with Gasteiger partial charge in [0.1, 0.15) is 16.8 Å². The number of pyridine rings is 1. The highest BCUT2D eigenvalue weighted by atomic mass is 35.5. The van der Waals surface area contributed by atoms with Crippen molar-refractivity contribution in [2.75, 3.05) is 24.5 Å². The van der Waals surface area contributed by atoms with Crippen LogP contribution < -0.4 is 15.5 Å². The molecule has 5 atom stereocenters. The van der Waals surface area contributed by atoms with E-state index in [0.717, 1.165) is 66.5 Å². The fourth-order valence-electron chi connectivity index (χ4n) is 8.00. The SMILES string of the molecule is Oc1cc(-c2c(Cl)cc3c(nc(N4C5CCC4CNC5)c4ncn(C5C6CNC5C6)c43)c2F)c2ccccc2c1. The molecule has 10 rings (SSSR count). The van der Waals surface area contributed by atoms with Crippen molar-refractivity contribution in [3.05, 3.63) is 59.6 Å². The first kappa shape index (κ1) is 23.3. The maximum atomic E-state index is 17.0. The minimum Gasteiger partial charge on any atom is -0.508 e. The van der Waals surface area contributed by atoms with Crippen LogP contribution in [0.25, 0.3) is 43.8 Å². The second kappa shape index (κ2) is 8.28. The smallest absolute Gasteiger partial charge is 0.158 e. The Balaban J connectivity index is 1.36. The van der Waals surface area contributed by atoms with Crippen LogP contribution in [-0.2, 0) is 0 Å². The molecular formula is C31H28ClFN6O. The number of benzene rings is 3. The van der Waals surface area contributed by atoms with E-state index in [-0.39, 0.29) is 11.3 Å². The maximum absolute atomic E-state index is 17.0. The maximum Gasteiger partial charge on any atom is 0.158 e. The van der Waals surface area contributed by atoms with Gasteiger partial charge >= 0.3 is 0 Å². The molecule has 1 saturated carbocycles. The lowest BCUT2D eigenvalue weighted by molar-refractivity contribution is 0.225. The summed E-state index contributed by atoms with van der Waals surface area (Å²) in [4.78, 5) is 12.4. The first-order valence-corrected chi connectivity index (χ1v) is 14.6. The van der Waals surface area contributed by atoms with Gasteiger partial charge in [0.05, 0.1) is 22.9 Å². The molecule has 202 valence electrons. The molecule has 4 saturated heterocycles. The van der Waals surface area contributed by atoms with Gasteiger partial charge in [-0.2, -0.15) is 0 Å². The van der Waals surface area contributed by atoms with Crippen molar-refractivity contribution in [3.8, 4) is 16.9 Å². The molecule has 7 nitrogen and oxygen atoms in total. The van der Waals surface area contributed by atoms with Gasteiger partial charge in [0.15, 0.2) is 11.6 Å². The molecule has 40 heavy (non-hydrogen) atoms. The van der Waals surface area contributed by atoms with Gasteiger partial charge in [-0.3, -0.25) is 0 Å². The number of nitrogens with one attached hydrogen (secondary N) is 2. The van der Waals surface area contributed by atoms with E-state index in [1.54, 1.807) is 12.1 Å². The number of hydrogen-bond donors (Lipinski definition) is 3. The number of anilines is 1. The van der Waals surface area contributed by atoms with Crippen molar-refractivity contribution in [3.63, 3.8) is 0 Å². The quantitative estimate of drug-likeness (QED) is 0.278. The van der Waals surface area contributed by atoms with Gasteiger partial charge in [-0.15, -0.1) is 0 Å². The Bertz CT molecular complexity index is 1840. The van der Waals surface area contributed by atoms with E-state index in [1.807, 2.05) is 36.7 Å². The molecule has 3 N–H and O–H groups in total. The van der Waals surface area contributed by atoms with Crippen LogP contribution in [0.4, 0.5) is 10.2 Å². The first-order chi connectivity index (χ1) is 19.6. The van der Waals surface area contributed by atoms with Crippen molar-refractivity contribution in [2.24, 2.45) is 5.92 Å². The summed E-state index contributed by atoms with van der Waals surface area (Å²) in [6, 6.07) is 14.1. The summed E-state index contributed by atoms with van der Waals surface area (Å²) in [7, 11) is 0. The fraction of sp³-hybridized carbons (Fsp3) is 0.355. The summed E-state index contributed by atoms with van der Waals surface area (Å²) in [6.07, 6.45) is 5.25. The molecule has 1 aliphatic carbocycles. The van der Waals surface area contributed by atoms with Gasteiger partial charge < -0.3 is 25.2 Å². The summed E-state index contributed by atoms with van der Waals surface area (Å²) in [5, 5.41) is 20.3. The Labute approximate surface area is 235 Å². The molecule has 0 amide bonds. The van der Waals surface area contributed by atoms with E-state index in [0.29, 0.717) is 51.6 Å². The molecule has 4 bridgehead atoms. The minimum atomic E-state index is -0.466. The number of hydrogen-bond acceptors (Lipinski definition) is 6. The van der Waals surface area contributed by atoms with Crippen LogP contribution >= 0.6 is 11.6 Å². The number of phenolic OH excluding ortho intramolecular Hbond substituents is 1. The van der Waals surface area contributed by atoms with Gasteiger partial charge in [-0.25, -0.2) is 14.4 Å². The predicted molar refractivity (Wildman–Crippen MR) is 156 cm³/mol. The fourth-order valence-corrected chi connectivity index (χ4v) is 8.29. The first-order valence-electron chi connectivity index (χ1n) is 14.2. The lowest BCUT2D eigenvalue weighted by Gasteiger charge is -2.37. The number of fused-ring (bicyclic) bond motifs is 7. The highest BCUT2D eigenvalue weighted by Gasteiger charge is 2.48. The Morgan fingerprint density at radius 1 is 1.00 bits per heavy atom. The topological polar surface area (TPSA) is 78.2 Å². The van der Waals surface area contributed by atoms with Crippen LogP contribution in [0.5, 0.6) is 5.75 Å². The molecule has 4 aliphatic heterocycles. The lowest BCUT2D eigenvalue weighted by Crippen LogP contribution is -2.52. The van der Waals surface area contributed by atoms with Gasteiger partial charge in [0.25, 0.3) is 0 Å². The molecule has 2 aromatic heterocycles. The Morgan fingerprint density at radius 2 is 1.82 bits per heavy atom. The van der Waals surface area contributed by atoms with E-state index < -0.39 is 5.82 Å². The molecular weight excluding hydrogens is 527 g/mol.